The fourth-order valence-electron chi connectivity index (χ4n) is 1.88. The summed E-state index contributed by atoms with van der Waals surface area (Å²) in [6.45, 7) is -0.673. The maximum absolute atomic E-state index is 13.1. The number of carbonyl (C=O) groups is 2. The van der Waals surface area contributed by atoms with Crippen molar-refractivity contribution in [2.45, 2.75) is 12.2 Å². The van der Waals surface area contributed by atoms with E-state index in [9.17, 15) is 27.2 Å². The van der Waals surface area contributed by atoms with E-state index in [1.807, 2.05) is 0 Å². The Balaban J connectivity index is 2.00. The van der Waals surface area contributed by atoms with Gasteiger partial charge in [-0.25, -0.2) is 4.39 Å². The van der Waals surface area contributed by atoms with Crippen molar-refractivity contribution < 1.29 is 31.6 Å². The van der Waals surface area contributed by atoms with Gasteiger partial charge in [-0.3, -0.25) is 9.59 Å². The topological polar surface area (TPSA) is 71.3 Å². The molecule has 5 nitrogen and oxygen atoms in total. The molecule has 128 valence electrons. The van der Waals surface area contributed by atoms with Crippen molar-refractivity contribution >= 4 is 11.8 Å². The summed E-state index contributed by atoms with van der Waals surface area (Å²) in [6.07, 6.45) is -3.54. The van der Waals surface area contributed by atoms with Crippen molar-refractivity contribution in [3.63, 3.8) is 0 Å². The summed E-state index contributed by atoms with van der Waals surface area (Å²) in [6, 6.07) is 4.04. The second kappa shape index (κ2) is 7.16. The molecule has 0 bridgehead atoms. The Labute approximate surface area is 133 Å². The van der Waals surface area contributed by atoms with Crippen molar-refractivity contribution in [2.75, 3.05) is 6.54 Å². The molecule has 0 aliphatic heterocycles. The van der Waals surface area contributed by atoms with E-state index in [2.05, 4.69) is 5.32 Å². The summed E-state index contributed by atoms with van der Waals surface area (Å²) < 4.78 is 56.8. The van der Waals surface area contributed by atoms with E-state index in [-0.39, 0.29) is 11.3 Å². The molecule has 0 aliphatic rings. The number of carbonyl (C=O) groups excluding carboxylic acids is 2. The molecule has 0 fully saturated rings. The van der Waals surface area contributed by atoms with Crippen LogP contribution in [0.15, 0.2) is 47.1 Å². The number of halogens is 4. The van der Waals surface area contributed by atoms with Gasteiger partial charge < -0.3 is 15.1 Å². The second-order valence-electron chi connectivity index (χ2n) is 4.75. The van der Waals surface area contributed by atoms with Crippen molar-refractivity contribution in [3.05, 3.63) is 59.8 Å². The predicted molar refractivity (Wildman–Crippen MR) is 74.4 cm³/mol. The van der Waals surface area contributed by atoms with Crippen LogP contribution in [0.4, 0.5) is 17.6 Å². The number of rotatable bonds is 5. The molecule has 0 spiro atoms. The molecule has 0 aliphatic carbocycles. The van der Waals surface area contributed by atoms with E-state index in [1.165, 1.54) is 18.4 Å². The summed E-state index contributed by atoms with van der Waals surface area (Å²) in [5.74, 6) is -2.56. The van der Waals surface area contributed by atoms with Gasteiger partial charge in [0.2, 0.25) is 5.91 Å². The molecule has 1 aromatic heterocycles. The van der Waals surface area contributed by atoms with Gasteiger partial charge in [-0.15, -0.1) is 0 Å². The average molecular weight is 344 g/mol. The Kier molecular flexibility index (Phi) is 5.22. The van der Waals surface area contributed by atoms with Crippen molar-refractivity contribution in [3.8, 4) is 0 Å². The first-order valence-electron chi connectivity index (χ1n) is 6.70. The van der Waals surface area contributed by atoms with Gasteiger partial charge in [-0.2, -0.15) is 13.2 Å². The predicted octanol–water partition coefficient (Wildman–Crippen LogP) is 2.57. The Morgan fingerprint density at radius 3 is 2.33 bits per heavy atom. The van der Waals surface area contributed by atoms with Crippen LogP contribution >= 0.6 is 0 Å². The monoisotopic (exact) mass is 344 g/mol. The zero-order valence-corrected chi connectivity index (χ0v) is 12.1. The van der Waals surface area contributed by atoms with Gasteiger partial charge in [0.05, 0.1) is 12.8 Å². The number of hydrogen-bond acceptors (Lipinski definition) is 3. The van der Waals surface area contributed by atoms with Gasteiger partial charge in [0.25, 0.3) is 5.91 Å². The lowest BCUT2D eigenvalue weighted by molar-refractivity contribution is -0.163. The zero-order chi connectivity index (χ0) is 17.7. The summed E-state index contributed by atoms with van der Waals surface area (Å²) in [4.78, 5) is 23.2. The molecule has 24 heavy (non-hydrogen) atoms. The average Bonchev–Trinajstić information content (AvgIpc) is 3.05. The standard InChI is InChI=1S/C15H12F4N2O3/c16-10-5-3-9(4-6-10)13(15(17,18)19)21-12(22)8-20-14(23)11-2-1-7-24-11/h1-7,13H,8H2,(H,20,23)(H,21,22). The highest BCUT2D eigenvalue weighted by molar-refractivity contribution is 5.94. The van der Waals surface area contributed by atoms with E-state index < -0.39 is 36.4 Å². The highest BCUT2D eigenvalue weighted by atomic mass is 19.4. The van der Waals surface area contributed by atoms with Crippen LogP contribution in [0.1, 0.15) is 22.2 Å². The van der Waals surface area contributed by atoms with Crippen LogP contribution in [0.2, 0.25) is 0 Å². The summed E-state index contributed by atoms with van der Waals surface area (Å²) in [5.41, 5.74) is -0.324. The third-order valence-electron chi connectivity index (χ3n) is 2.99. The molecule has 2 aromatic rings. The molecular weight excluding hydrogens is 332 g/mol. The normalized spacial score (nSPS) is 12.5. The van der Waals surface area contributed by atoms with E-state index in [4.69, 9.17) is 4.42 Å². The first-order chi connectivity index (χ1) is 11.3. The van der Waals surface area contributed by atoms with Gasteiger partial charge in [0.15, 0.2) is 11.8 Å². The Morgan fingerprint density at radius 2 is 1.79 bits per heavy atom. The molecule has 2 rings (SSSR count). The molecule has 1 heterocycles. The smallest absolute Gasteiger partial charge is 0.412 e. The number of benzene rings is 1. The van der Waals surface area contributed by atoms with Crippen molar-refractivity contribution in [2.24, 2.45) is 0 Å². The molecule has 2 N–H and O–H groups in total. The van der Waals surface area contributed by atoms with Crippen molar-refractivity contribution in [1.29, 1.82) is 0 Å². The van der Waals surface area contributed by atoms with Gasteiger partial charge in [-0.05, 0) is 29.8 Å². The molecule has 1 aromatic carbocycles. The lowest BCUT2D eigenvalue weighted by atomic mass is 10.1. The van der Waals surface area contributed by atoms with Crippen LogP contribution in [-0.2, 0) is 4.79 Å². The molecular formula is C15H12F4N2O3. The van der Waals surface area contributed by atoms with Gasteiger partial charge in [0.1, 0.15) is 5.82 Å². The Morgan fingerprint density at radius 1 is 1.12 bits per heavy atom. The number of amides is 2. The van der Waals surface area contributed by atoms with Gasteiger partial charge >= 0.3 is 6.18 Å². The van der Waals surface area contributed by atoms with Crippen LogP contribution in [0.25, 0.3) is 0 Å². The third-order valence-corrected chi connectivity index (χ3v) is 2.99. The molecule has 1 unspecified atom stereocenters. The van der Waals surface area contributed by atoms with Gasteiger partial charge in [-0.1, -0.05) is 12.1 Å². The molecule has 1 atom stereocenters. The SMILES string of the molecule is O=C(CNC(=O)c1ccco1)NC(c1ccc(F)cc1)C(F)(F)F. The summed E-state index contributed by atoms with van der Waals surface area (Å²) in [5, 5.41) is 3.89. The second-order valence-corrected chi connectivity index (χ2v) is 4.75. The van der Waals surface area contributed by atoms with E-state index >= 15 is 0 Å². The van der Waals surface area contributed by atoms with Crippen LogP contribution in [0.3, 0.4) is 0 Å². The Hall–Kier alpha value is -2.84. The maximum atomic E-state index is 13.1. The molecule has 0 radical (unpaired) electrons. The minimum absolute atomic E-state index is 0.0753. The highest BCUT2D eigenvalue weighted by Crippen LogP contribution is 2.32. The van der Waals surface area contributed by atoms with Crippen LogP contribution < -0.4 is 10.6 Å². The van der Waals surface area contributed by atoms with Crippen LogP contribution in [0, 0.1) is 5.82 Å². The van der Waals surface area contributed by atoms with E-state index in [1.54, 1.807) is 5.32 Å². The molecule has 0 saturated carbocycles. The number of nitrogens with one attached hydrogen (secondary N) is 2. The first kappa shape index (κ1) is 17.5. The maximum Gasteiger partial charge on any atom is 0.412 e. The Bertz CT molecular complexity index is 697. The number of alkyl halides is 3. The molecule has 9 heteroatoms. The number of hydrogen-bond donors (Lipinski definition) is 2. The first-order valence-corrected chi connectivity index (χ1v) is 6.70. The van der Waals surface area contributed by atoms with Crippen LogP contribution in [0.5, 0.6) is 0 Å². The molecule has 0 saturated heterocycles. The van der Waals surface area contributed by atoms with Gasteiger partial charge in [0, 0.05) is 0 Å². The zero-order valence-electron chi connectivity index (χ0n) is 12.1. The van der Waals surface area contributed by atoms with E-state index in [0.29, 0.717) is 0 Å². The quantitative estimate of drug-likeness (QED) is 0.819. The largest absolute Gasteiger partial charge is 0.459 e. The fraction of sp³-hybridized carbons (Fsp3) is 0.200. The number of furan rings is 1. The fourth-order valence-corrected chi connectivity index (χ4v) is 1.88. The minimum Gasteiger partial charge on any atom is -0.459 e. The molecule has 2 amide bonds. The van der Waals surface area contributed by atoms with Crippen LogP contribution in [-0.4, -0.2) is 24.5 Å². The highest BCUT2D eigenvalue weighted by Gasteiger charge is 2.41. The lowest BCUT2D eigenvalue weighted by Crippen LogP contribution is -2.43. The third kappa shape index (κ3) is 4.58. The van der Waals surface area contributed by atoms with E-state index in [0.717, 1.165) is 24.3 Å². The summed E-state index contributed by atoms with van der Waals surface area (Å²) in [7, 11) is 0. The van der Waals surface area contributed by atoms with Crippen molar-refractivity contribution in [1.82, 2.24) is 10.6 Å². The lowest BCUT2D eigenvalue weighted by Gasteiger charge is -2.22. The summed E-state index contributed by atoms with van der Waals surface area (Å²) >= 11 is 0. The minimum atomic E-state index is -4.78.